The maximum Gasteiger partial charge on any atom is 0.360 e. The fraction of sp³-hybridized carbons (Fsp3) is 0.250. The molecule has 0 saturated carbocycles. The Bertz CT molecular complexity index is 549. The lowest BCUT2D eigenvalue weighted by Gasteiger charge is -1.95. The minimum absolute atomic E-state index is 0.0582. The standard InChI is InChI=1S/C8H8BrN5O3/c1-2-16-5(15)4-3-17-8(11-4)14-6(9)12-7(10)13-14/h3H,2H2,1H3,(H2,10,13). The van der Waals surface area contributed by atoms with Crippen LogP contribution in [-0.4, -0.2) is 32.3 Å². The van der Waals surface area contributed by atoms with Gasteiger partial charge in [-0.1, -0.05) is 0 Å². The molecule has 0 aliphatic heterocycles. The van der Waals surface area contributed by atoms with E-state index in [9.17, 15) is 4.79 Å². The molecule has 0 fully saturated rings. The van der Waals surface area contributed by atoms with E-state index in [0.717, 1.165) is 0 Å². The number of nitrogens with two attached hydrogens (primary N) is 1. The first-order valence-corrected chi connectivity index (χ1v) is 5.42. The Morgan fingerprint density at radius 3 is 3.00 bits per heavy atom. The topological polar surface area (TPSA) is 109 Å². The van der Waals surface area contributed by atoms with Crippen LogP contribution in [0.1, 0.15) is 17.4 Å². The molecule has 0 saturated heterocycles. The Labute approximate surface area is 104 Å². The SMILES string of the molecule is CCOC(=O)c1coc(-n2nc(N)nc2Br)n1. The van der Waals surface area contributed by atoms with Crippen LogP contribution in [0.3, 0.4) is 0 Å². The summed E-state index contributed by atoms with van der Waals surface area (Å²) in [5.74, 6) is -0.500. The third-order valence-corrected chi connectivity index (χ3v) is 2.26. The van der Waals surface area contributed by atoms with Crippen LogP contribution in [0.15, 0.2) is 15.4 Å². The van der Waals surface area contributed by atoms with Gasteiger partial charge in [0, 0.05) is 0 Å². The molecular weight excluding hydrogens is 294 g/mol. The first-order valence-electron chi connectivity index (χ1n) is 4.63. The molecule has 2 N–H and O–H groups in total. The van der Waals surface area contributed by atoms with Crippen LogP contribution in [0.4, 0.5) is 5.95 Å². The minimum Gasteiger partial charge on any atom is -0.461 e. The molecule has 9 heteroatoms. The number of halogens is 1. The van der Waals surface area contributed by atoms with Gasteiger partial charge in [-0.3, -0.25) is 0 Å². The Kier molecular flexibility index (Phi) is 3.09. The number of ether oxygens (including phenoxy) is 1. The minimum atomic E-state index is -0.563. The molecule has 0 aliphatic carbocycles. The summed E-state index contributed by atoms with van der Waals surface area (Å²) in [4.78, 5) is 19.1. The van der Waals surface area contributed by atoms with E-state index >= 15 is 0 Å². The van der Waals surface area contributed by atoms with Crippen molar-refractivity contribution < 1.29 is 13.9 Å². The van der Waals surface area contributed by atoms with Crippen LogP contribution >= 0.6 is 15.9 Å². The van der Waals surface area contributed by atoms with Gasteiger partial charge in [0.15, 0.2) is 5.69 Å². The third kappa shape index (κ3) is 2.28. The van der Waals surface area contributed by atoms with Crippen LogP contribution in [0.25, 0.3) is 6.01 Å². The van der Waals surface area contributed by atoms with Crippen LogP contribution in [-0.2, 0) is 4.74 Å². The number of oxazole rings is 1. The van der Waals surface area contributed by atoms with E-state index in [2.05, 4.69) is 31.0 Å². The second-order valence-corrected chi connectivity index (χ2v) is 3.60. The normalized spacial score (nSPS) is 10.5. The molecule has 0 unspecified atom stereocenters. The maximum atomic E-state index is 11.4. The molecule has 8 nitrogen and oxygen atoms in total. The number of carbonyl (C=O) groups is 1. The van der Waals surface area contributed by atoms with Gasteiger partial charge in [-0.05, 0) is 22.9 Å². The Hall–Kier alpha value is -1.90. The lowest BCUT2D eigenvalue weighted by atomic mass is 10.5. The lowest BCUT2D eigenvalue weighted by molar-refractivity contribution is 0.0519. The summed E-state index contributed by atoms with van der Waals surface area (Å²) in [6.07, 6.45) is 1.18. The van der Waals surface area contributed by atoms with E-state index in [1.807, 2.05) is 0 Å². The molecule has 0 atom stereocenters. The molecule has 2 aromatic rings. The van der Waals surface area contributed by atoms with Crippen molar-refractivity contribution in [1.29, 1.82) is 0 Å². The zero-order valence-electron chi connectivity index (χ0n) is 8.75. The third-order valence-electron chi connectivity index (χ3n) is 1.74. The van der Waals surface area contributed by atoms with Crippen molar-refractivity contribution in [2.75, 3.05) is 12.3 Å². The monoisotopic (exact) mass is 301 g/mol. The number of hydrogen-bond donors (Lipinski definition) is 1. The van der Waals surface area contributed by atoms with Gasteiger partial charge in [0.1, 0.15) is 6.26 Å². The molecule has 17 heavy (non-hydrogen) atoms. The van der Waals surface area contributed by atoms with Crippen molar-refractivity contribution >= 4 is 27.8 Å². The molecule has 2 heterocycles. The number of rotatable bonds is 3. The summed E-state index contributed by atoms with van der Waals surface area (Å²) in [7, 11) is 0. The molecule has 0 aromatic carbocycles. The number of nitrogens with zero attached hydrogens (tertiary/aromatic N) is 4. The van der Waals surface area contributed by atoms with Crippen LogP contribution in [0, 0.1) is 0 Å². The van der Waals surface area contributed by atoms with Crippen molar-refractivity contribution in [2.24, 2.45) is 0 Å². The van der Waals surface area contributed by atoms with Crippen LogP contribution in [0.2, 0.25) is 0 Å². The lowest BCUT2D eigenvalue weighted by Crippen LogP contribution is -2.06. The molecular formula is C8H8BrN5O3. The van der Waals surface area contributed by atoms with E-state index in [1.165, 1.54) is 10.9 Å². The summed E-state index contributed by atoms with van der Waals surface area (Å²) >= 11 is 3.12. The highest BCUT2D eigenvalue weighted by Gasteiger charge is 2.17. The predicted molar refractivity (Wildman–Crippen MR) is 59.5 cm³/mol. The molecule has 90 valence electrons. The van der Waals surface area contributed by atoms with Gasteiger partial charge in [-0.2, -0.15) is 14.6 Å². The van der Waals surface area contributed by atoms with Gasteiger partial charge in [-0.15, -0.1) is 5.10 Å². The molecule has 0 aliphatic rings. The number of anilines is 1. The van der Waals surface area contributed by atoms with Crippen molar-refractivity contribution in [2.45, 2.75) is 6.92 Å². The fourth-order valence-electron chi connectivity index (χ4n) is 1.09. The predicted octanol–water partition coefficient (Wildman–Crippen LogP) is 0.777. The van der Waals surface area contributed by atoms with Crippen LogP contribution in [0.5, 0.6) is 0 Å². The highest BCUT2D eigenvalue weighted by atomic mass is 79.9. The second kappa shape index (κ2) is 4.53. The summed E-state index contributed by atoms with van der Waals surface area (Å²) in [6.45, 7) is 1.97. The van der Waals surface area contributed by atoms with Gasteiger partial charge >= 0.3 is 12.0 Å². The number of hydrogen-bond acceptors (Lipinski definition) is 7. The molecule has 0 spiro atoms. The summed E-state index contributed by atoms with van der Waals surface area (Å²) in [5.41, 5.74) is 5.46. The van der Waals surface area contributed by atoms with Gasteiger partial charge in [-0.25, -0.2) is 4.79 Å². The first-order chi connectivity index (χ1) is 8.11. The average Bonchev–Trinajstić information content (AvgIpc) is 2.85. The van der Waals surface area contributed by atoms with E-state index in [4.69, 9.17) is 14.9 Å². The summed E-state index contributed by atoms with van der Waals surface area (Å²) in [6, 6.07) is 0.0733. The zero-order chi connectivity index (χ0) is 12.4. The highest BCUT2D eigenvalue weighted by Crippen LogP contribution is 2.15. The molecule has 0 radical (unpaired) electrons. The average molecular weight is 302 g/mol. The molecule has 2 aromatic heterocycles. The first kappa shape index (κ1) is 11.6. The largest absolute Gasteiger partial charge is 0.461 e. The van der Waals surface area contributed by atoms with E-state index in [0.29, 0.717) is 4.73 Å². The van der Waals surface area contributed by atoms with Gasteiger partial charge in [0.2, 0.25) is 10.7 Å². The maximum absolute atomic E-state index is 11.4. The molecule has 0 bridgehead atoms. The number of nitrogen functional groups attached to an aromatic ring is 1. The summed E-state index contributed by atoms with van der Waals surface area (Å²) < 4.78 is 11.4. The second-order valence-electron chi connectivity index (χ2n) is 2.89. The van der Waals surface area contributed by atoms with Crippen LogP contribution < -0.4 is 5.73 Å². The van der Waals surface area contributed by atoms with Gasteiger partial charge in [0.25, 0.3) is 0 Å². The van der Waals surface area contributed by atoms with Crippen molar-refractivity contribution in [1.82, 2.24) is 19.7 Å². The van der Waals surface area contributed by atoms with E-state index in [1.54, 1.807) is 6.92 Å². The quantitative estimate of drug-likeness (QED) is 0.834. The number of carbonyl (C=O) groups excluding carboxylic acids is 1. The Morgan fingerprint density at radius 1 is 1.65 bits per heavy atom. The highest BCUT2D eigenvalue weighted by molar-refractivity contribution is 9.10. The fourth-order valence-corrected chi connectivity index (χ4v) is 1.50. The molecule has 0 amide bonds. The van der Waals surface area contributed by atoms with E-state index < -0.39 is 5.97 Å². The Morgan fingerprint density at radius 2 is 2.41 bits per heavy atom. The van der Waals surface area contributed by atoms with E-state index in [-0.39, 0.29) is 24.3 Å². The van der Waals surface area contributed by atoms with Crippen molar-refractivity contribution in [3.05, 3.63) is 16.7 Å². The van der Waals surface area contributed by atoms with Gasteiger partial charge in [0.05, 0.1) is 6.61 Å². The van der Waals surface area contributed by atoms with Crippen molar-refractivity contribution in [3.63, 3.8) is 0 Å². The zero-order valence-corrected chi connectivity index (χ0v) is 10.3. The van der Waals surface area contributed by atoms with Gasteiger partial charge < -0.3 is 14.9 Å². The molecule has 2 rings (SSSR count). The number of aromatic nitrogens is 4. The smallest absolute Gasteiger partial charge is 0.360 e. The number of esters is 1. The Balaban J connectivity index is 2.30. The summed E-state index contributed by atoms with van der Waals surface area (Å²) in [5, 5.41) is 3.83. The van der Waals surface area contributed by atoms with Crippen molar-refractivity contribution in [3.8, 4) is 6.01 Å².